The number of ether oxygens (including phenoxy) is 1. The molecule has 2 N–H and O–H groups in total. The van der Waals surface area contributed by atoms with E-state index in [1.54, 1.807) is 61.5 Å². The maximum Gasteiger partial charge on any atom is 0.251 e. The maximum absolute atomic E-state index is 12.2. The van der Waals surface area contributed by atoms with Crippen molar-refractivity contribution in [3.8, 4) is 23.2 Å². The monoisotopic (exact) mass is 386 g/mol. The molecule has 2 aromatic carbocycles. The Morgan fingerprint density at radius 2 is 2.03 bits per heavy atom. The first-order chi connectivity index (χ1) is 14.0. The second kappa shape index (κ2) is 9.15. The number of nitriles is 1. The van der Waals surface area contributed by atoms with E-state index in [1.165, 1.54) is 12.1 Å². The van der Waals surface area contributed by atoms with E-state index in [4.69, 9.17) is 10.00 Å². The van der Waals surface area contributed by atoms with Gasteiger partial charge in [0.15, 0.2) is 6.61 Å². The SMILES string of the molecule is Cc1cc(=O)[nH]c(-c2cccc(NC(=O)C=Cc3ccc(OCC#N)cc3)c2)n1. The molecular weight excluding hydrogens is 368 g/mol. The molecule has 3 aromatic rings. The Kier molecular flexibility index (Phi) is 6.18. The Labute approximate surface area is 167 Å². The van der Waals surface area contributed by atoms with Crippen molar-refractivity contribution in [3.63, 3.8) is 0 Å². The molecule has 29 heavy (non-hydrogen) atoms. The first kappa shape index (κ1) is 19.6. The molecule has 0 aliphatic heterocycles. The van der Waals surface area contributed by atoms with Crippen molar-refractivity contribution < 1.29 is 9.53 Å². The quantitative estimate of drug-likeness (QED) is 0.632. The van der Waals surface area contributed by atoms with E-state index in [9.17, 15) is 9.59 Å². The summed E-state index contributed by atoms with van der Waals surface area (Å²) in [5.41, 5.74) is 2.49. The van der Waals surface area contributed by atoms with Gasteiger partial charge < -0.3 is 15.0 Å². The van der Waals surface area contributed by atoms with Crippen molar-refractivity contribution >= 4 is 17.7 Å². The van der Waals surface area contributed by atoms with Crippen LogP contribution in [0.3, 0.4) is 0 Å². The highest BCUT2D eigenvalue weighted by atomic mass is 16.5. The summed E-state index contributed by atoms with van der Waals surface area (Å²) in [5, 5.41) is 11.3. The highest BCUT2D eigenvalue weighted by molar-refractivity contribution is 6.02. The van der Waals surface area contributed by atoms with Gasteiger partial charge in [-0.2, -0.15) is 5.26 Å². The number of aromatic amines is 1. The van der Waals surface area contributed by atoms with Gasteiger partial charge in [-0.1, -0.05) is 24.3 Å². The van der Waals surface area contributed by atoms with Crippen LogP contribution in [0.4, 0.5) is 5.69 Å². The lowest BCUT2D eigenvalue weighted by atomic mass is 10.1. The summed E-state index contributed by atoms with van der Waals surface area (Å²) in [7, 11) is 0. The highest BCUT2D eigenvalue weighted by Gasteiger charge is 2.05. The van der Waals surface area contributed by atoms with Crippen LogP contribution in [0, 0.1) is 18.3 Å². The molecule has 0 bridgehead atoms. The van der Waals surface area contributed by atoms with E-state index < -0.39 is 0 Å². The van der Waals surface area contributed by atoms with E-state index >= 15 is 0 Å². The summed E-state index contributed by atoms with van der Waals surface area (Å²) in [6.07, 6.45) is 3.09. The number of amides is 1. The lowest BCUT2D eigenvalue weighted by Gasteiger charge is -2.06. The first-order valence-corrected chi connectivity index (χ1v) is 8.81. The molecule has 7 heteroatoms. The third-order valence-corrected chi connectivity index (χ3v) is 3.88. The van der Waals surface area contributed by atoms with Gasteiger partial charge in [-0.15, -0.1) is 0 Å². The second-order valence-corrected chi connectivity index (χ2v) is 6.15. The van der Waals surface area contributed by atoms with Gasteiger partial charge in [-0.05, 0) is 42.8 Å². The van der Waals surface area contributed by atoms with Crippen LogP contribution in [0.5, 0.6) is 5.75 Å². The topological polar surface area (TPSA) is 108 Å². The van der Waals surface area contributed by atoms with Gasteiger partial charge in [0, 0.05) is 29.1 Å². The molecule has 0 radical (unpaired) electrons. The van der Waals surface area contributed by atoms with Gasteiger partial charge in [0.05, 0.1) is 0 Å². The number of hydrogen-bond donors (Lipinski definition) is 2. The minimum atomic E-state index is -0.294. The van der Waals surface area contributed by atoms with E-state index in [1.807, 2.05) is 6.07 Å². The summed E-state index contributed by atoms with van der Waals surface area (Å²) in [6, 6.07) is 17.4. The number of rotatable bonds is 6. The van der Waals surface area contributed by atoms with Crippen molar-refractivity contribution in [1.82, 2.24) is 9.97 Å². The van der Waals surface area contributed by atoms with Gasteiger partial charge in [0.1, 0.15) is 17.6 Å². The van der Waals surface area contributed by atoms with Crippen LogP contribution in [0.25, 0.3) is 17.5 Å². The number of aryl methyl sites for hydroxylation is 1. The molecule has 0 saturated carbocycles. The molecule has 0 aliphatic rings. The summed E-state index contributed by atoms with van der Waals surface area (Å²) < 4.78 is 5.19. The van der Waals surface area contributed by atoms with Gasteiger partial charge in [0.2, 0.25) is 5.91 Å². The molecule has 3 rings (SSSR count). The normalized spacial score (nSPS) is 10.5. The molecule has 7 nitrogen and oxygen atoms in total. The zero-order valence-corrected chi connectivity index (χ0v) is 15.7. The second-order valence-electron chi connectivity index (χ2n) is 6.15. The summed E-state index contributed by atoms with van der Waals surface area (Å²) in [6.45, 7) is 1.74. The van der Waals surface area contributed by atoms with Gasteiger partial charge in [-0.3, -0.25) is 9.59 Å². The zero-order valence-electron chi connectivity index (χ0n) is 15.7. The largest absolute Gasteiger partial charge is 0.479 e. The van der Waals surface area contributed by atoms with Crippen LogP contribution in [-0.4, -0.2) is 22.5 Å². The molecule has 0 atom stereocenters. The third-order valence-electron chi connectivity index (χ3n) is 3.88. The molecule has 1 amide bonds. The van der Waals surface area contributed by atoms with E-state index in [0.29, 0.717) is 28.5 Å². The number of benzene rings is 2. The van der Waals surface area contributed by atoms with E-state index in [-0.39, 0.29) is 18.1 Å². The molecule has 0 unspecified atom stereocenters. The predicted molar refractivity (Wildman–Crippen MR) is 110 cm³/mol. The third kappa shape index (κ3) is 5.65. The number of nitrogens with one attached hydrogen (secondary N) is 2. The Hall–Kier alpha value is -4.18. The molecule has 1 heterocycles. The van der Waals surface area contributed by atoms with Crippen molar-refractivity contribution in [2.24, 2.45) is 0 Å². The average molecular weight is 386 g/mol. The van der Waals surface area contributed by atoms with Gasteiger partial charge in [0.25, 0.3) is 5.56 Å². The number of aromatic nitrogens is 2. The lowest BCUT2D eigenvalue weighted by Crippen LogP contribution is -2.10. The fraction of sp³-hybridized carbons (Fsp3) is 0.0909. The van der Waals surface area contributed by atoms with Crippen molar-refractivity contribution in [2.75, 3.05) is 11.9 Å². The van der Waals surface area contributed by atoms with Crippen LogP contribution in [0.1, 0.15) is 11.3 Å². The molecular formula is C22H18N4O3. The van der Waals surface area contributed by atoms with Crippen molar-refractivity contribution in [1.29, 1.82) is 5.26 Å². The minimum Gasteiger partial charge on any atom is -0.479 e. The smallest absolute Gasteiger partial charge is 0.251 e. The van der Waals surface area contributed by atoms with E-state index in [0.717, 1.165) is 5.56 Å². The molecule has 144 valence electrons. The van der Waals surface area contributed by atoms with Crippen LogP contribution in [0.15, 0.2) is 65.5 Å². The van der Waals surface area contributed by atoms with Crippen LogP contribution in [-0.2, 0) is 4.79 Å². The number of carbonyl (C=O) groups excluding carboxylic acids is 1. The predicted octanol–water partition coefficient (Wildman–Crippen LogP) is 3.30. The fourth-order valence-corrected chi connectivity index (χ4v) is 2.61. The molecule has 0 aliphatic carbocycles. The number of anilines is 1. The van der Waals surface area contributed by atoms with Crippen LogP contribution < -0.4 is 15.6 Å². The Morgan fingerprint density at radius 1 is 1.24 bits per heavy atom. The summed E-state index contributed by atoms with van der Waals surface area (Å²) >= 11 is 0. The first-order valence-electron chi connectivity index (χ1n) is 8.81. The number of H-pyrrole nitrogens is 1. The lowest BCUT2D eigenvalue weighted by molar-refractivity contribution is -0.111. The summed E-state index contributed by atoms with van der Waals surface area (Å²) in [4.78, 5) is 30.9. The van der Waals surface area contributed by atoms with E-state index in [2.05, 4.69) is 15.3 Å². The molecule has 0 fully saturated rings. The zero-order chi connectivity index (χ0) is 20.6. The summed E-state index contributed by atoms with van der Waals surface area (Å²) in [5.74, 6) is 0.741. The fourth-order valence-electron chi connectivity index (χ4n) is 2.61. The number of hydrogen-bond acceptors (Lipinski definition) is 5. The Morgan fingerprint density at radius 3 is 2.76 bits per heavy atom. The number of nitrogens with zero attached hydrogens (tertiary/aromatic N) is 2. The van der Waals surface area contributed by atoms with Crippen molar-refractivity contribution in [2.45, 2.75) is 6.92 Å². The molecule has 0 saturated heterocycles. The highest BCUT2D eigenvalue weighted by Crippen LogP contribution is 2.19. The maximum atomic E-state index is 12.2. The Bertz CT molecular complexity index is 1140. The average Bonchev–Trinajstić information content (AvgIpc) is 2.71. The number of carbonyl (C=O) groups is 1. The molecule has 0 spiro atoms. The van der Waals surface area contributed by atoms with Crippen LogP contribution >= 0.6 is 0 Å². The van der Waals surface area contributed by atoms with Crippen molar-refractivity contribution in [3.05, 3.63) is 82.3 Å². The van der Waals surface area contributed by atoms with Crippen LogP contribution in [0.2, 0.25) is 0 Å². The molecule has 1 aromatic heterocycles. The minimum absolute atomic E-state index is 0.0113. The van der Waals surface area contributed by atoms with Gasteiger partial charge >= 0.3 is 0 Å². The van der Waals surface area contributed by atoms with Gasteiger partial charge in [-0.25, -0.2) is 4.98 Å². The Balaban J connectivity index is 1.67. The standard InChI is InChI=1S/C22H18N4O3/c1-15-13-21(28)26-22(24-15)17-3-2-4-18(14-17)25-20(27)10-7-16-5-8-19(9-6-16)29-12-11-23/h2-10,13-14H,12H2,1H3,(H,25,27)(H,24,26,28).